The Morgan fingerprint density at radius 1 is 1.26 bits per heavy atom. The number of nitrogens with one attached hydrogen (secondary N) is 3. The minimum atomic E-state index is -0.307. The molecule has 2 fully saturated rings. The molecular weight excluding hydrogens is 447 g/mol. The van der Waals surface area contributed by atoms with Gasteiger partial charge in [0.15, 0.2) is 0 Å². The molecule has 0 radical (unpaired) electrons. The third-order valence-corrected chi connectivity index (χ3v) is 7.60. The summed E-state index contributed by atoms with van der Waals surface area (Å²) in [6.07, 6.45) is 6.88. The maximum absolute atomic E-state index is 14.6. The van der Waals surface area contributed by atoms with Gasteiger partial charge in [0.25, 0.3) is 5.91 Å². The van der Waals surface area contributed by atoms with Crippen LogP contribution in [0.25, 0.3) is 11.3 Å². The summed E-state index contributed by atoms with van der Waals surface area (Å²) in [7, 11) is 0. The van der Waals surface area contributed by atoms with Crippen molar-refractivity contribution < 1.29 is 18.7 Å². The fourth-order valence-corrected chi connectivity index (χ4v) is 5.12. The molecule has 8 heteroatoms. The molecule has 4 heterocycles. The Morgan fingerprint density at radius 3 is 2.80 bits per heavy atom. The topological polar surface area (TPSA) is 88.3 Å². The van der Waals surface area contributed by atoms with Gasteiger partial charge in [-0.25, -0.2) is 4.39 Å². The van der Waals surface area contributed by atoms with Crippen molar-refractivity contribution in [2.45, 2.75) is 50.5 Å². The molecule has 0 bridgehead atoms. The van der Waals surface area contributed by atoms with E-state index in [1.165, 1.54) is 6.07 Å². The van der Waals surface area contributed by atoms with Gasteiger partial charge in [-0.1, -0.05) is 13.0 Å². The van der Waals surface area contributed by atoms with Gasteiger partial charge in [0.1, 0.15) is 23.8 Å². The second kappa shape index (κ2) is 8.09. The number of benzene rings is 1. The van der Waals surface area contributed by atoms with Gasteiger partial charge in [-0.2, -0.15) is 0 Å². The number of amides is 1. The van der Waals surface area contributed by atoms with E-state index in [4.69, 9.17) is 9.47 Å². The molecule has 35 heavy (non-hydrogen) atoms. The Morgan fingerprint density at radius 2 is 2.09 bits per heavy atom. The van der Waals surface area contributed by atoms with Crippen LogP contribution in [0, 0.1) is 5.82 Å². The van der Waals surface area contributed by atoms with Crippen LogP contribution in [0.4, 0.5) is 15.8 Å². The van der Waals surface area contributed by atoms with E-state index in [1.807, 2.05) is 26.0 Å². The number of aromatic nitrogens is 2. The van der Waals surface area contributed by atoms with Gasteiger partial charge < -0.3 is 25.1 Å². The highest BCUT2D eigenvalue weighted by atomic mass is 19.1. The first kappa shape index (κ1) is 22.1. The number of fused-ring (bicyclic) bond motifs is 2. The van der Waals surface area contributed by atoms with Crippen LogP contribution < -0.4 is 15.4 Å². The fraction of sp³-hybridized carbons (Fsp3) is 0.407. The van der Waals surface area contributed by atoms with Gasteiger partial charge in [0, 0.05) is 47.1 Å². The van der Waals surface area contributed by atoms with Gasteiger partial charge in [-0.05, 0) is 44.4 Å². The van der Waals surface area contributed by atoms with E-state index in [2.05, 4.69) is 20.6 Å². The number of halogens is 1. The summed E-state index contributed by atoms with van der Waals surface area (Å²) in [6, 6.07) is 6.86. The largest absolute Gasteiger partial charge is 0.488 e. The first-order valence-electron chi connectivity index (χ1n) is 12.2. The van der Waals surface area contributed by atoms with E-state index in [-0.39, 0.29) is 22.7 Å². The molecule has 1 amide bonds. The second-order valence-electron chi connectivity index (χ2n) is 10.0. The maximum Gasteiger partial charge on any atom is 0.255 e. The summed E-state index contributed by atoms with van der Waals surface area (Å²) in [6.45, 7) is 5.71. The van der Waals surface area contributed by atoms with Crippen LogP contribution in [0.15, 0.2) is 36.7 Å². The Balaban J connectivity index is 1.48. The molecule has 1 saturated heterocycles. The molecule has 1 saturated carbocycles. The predicted molar refractivity (Wildman–Crippen MR) is 131 cm³/mol. The molecule has 6 rings (SSSR count). The Kier molecular flexibility index (Phi) is 5.11. The predicted octanol–water partition coefficient (Wildman–Crippen LogP) is 4.85. The monoisotopic (exact) mass is 476 g/mol. The van der Waals surface area contributed by atoms with Crippen molar-refractivity contribution in [2.75, 3.05) is 25.1 Å². The zero-order chi connectivity index (χ0) is 24.2. The minimum absolute atomic E-state index is 0.0747. The lowest BCUT2D eigenvalue weighted by molar-refractivity contribution is -0.152. The van der Waals surface area contributed by atoms with E-state index >= 15 is 0 Å². The Labute approximate surface area is 203 Å². The van der Waals surface area contributed by atoms with Gasteiger partial charge in [0.2, 0.25) is 0 Å². The first-order chi connectivity index (χ1) is 16.9. The lowest BCUT2D eigenvalue weighted by atomic mass is 9.93. The third-order valence-electron chi connectivity index (χ3n) is 7.60. The minimum Gasteiger partial charge on any atom is -0.488 e. The zero-order valence-electron chi connectivity index (χ0n) is 20.0. The van der Waals surface area contributed by atoms with Gasteiger partial charge in [-0.15, -0.1) is 0 Å². The summed E-state index contributed by atoms with van der Waals surface area (Å²) in [5.74, 6) is 0.197. The summed E-state index contributed by atoms with van der Waals surface area (Å²) in [4.78, 5) is 21.0. The molecule has 2 aromatic heterocycles. The lowest BCUT2D eigenvalue weighted by Gasteiger charge is -2.38. The molecule has 1 spiro atoms. The van der Waals surface area contributed by atoms with Gasteiger partial charge in [-0.3, -0.25) is 9.78 Å². The number of H-pyrrole nitrogens is 1. The lowest BCUT2D eigenvalue weighted by Crippen LogP contribution is -2.45. The number of hydrogen-bond acceptors (Lipinski definition) is 5. The van der Waals surface area contributed by atoms with Crippen molar-refractivity contribution in [3.8, 4) is 17.0 Å². The number of carbonyl (C=O) groups is 1. The van der Waals surface area contributed by atoms with Crippen molar-refractivity contribution in [2.24, 2.45) is 0 Å². The molecule has 2 aliphatic heterocycles. The molecule has 3 aliphatic rings. The summed E-state index contributed by atoms with van der Waals surface area (Å²) in [5, 5.41) is 6.49. The summed E-state index contributed by atoms with van der Waals surface area (Å²) in [5.41, 5.74) is 4.52. The number of aromatic amines is 1. The summed E-state index contributed by atoms with van der Waals surface area (Å²) >= 11 is 0. The Bertz CT molecular complexity index is 1310. The van der Waals surface area contributed by atoms with E-state index < -0.39 is 0 Å². The Hall–Kier alpha value is -3.39. The van der Waals surface area contributed by atoms with Crippen molar-refractivity contribution in [1.29, 1.82) is 0 Å². The second-order valence-corrected chi connectivity index (χ2v) is 10.0. The van der Waals surface area contributed by atoms with Crippen LogP contribution in [0.3, 0.4) is 0 Å². The van der Waals surface area contributed by atoms with Crippen molar-refractivity contribution in [1.82, 2.24) is 15.3 Å². The zero-order valence-corrected chi connectivity index (χ0v) is 20.0. The van der Waals surface area contributed by atoms with E-state index in [9.17, 15) is 9.18 Å². The molecule has 7 nitrogen and oxygen atoms in total. The standard InChI is InChI=1S/C27H29FN4O3/c1-3-16-18(28)5-4-6-19(16)31-23-21-24(27(8-9-27)14-30-25(21)33)32-22(23)17-7-11-29-13-20(17)34-15-26(2)10-12-35-26/h4-7,11,13,31-32H,3,8-10,12,14-15H2,1-2H3,(H,30,33)/t26-/m1/s1. The number of hydrogen-bond donors (Lipinski definition) is 3. The van der Waals surface area contributed by atoms with Crippen molar-refractivity contribution >= 4 is 17.3 Å². The highest BCUT2D eigenvalue weighted by molar-refractivity contribution is 6.07. The van der Waals surface area contributed by atoms with Crippen LogP contribution in [0.5, 0.6) is 5.75 Å². The molecule has 3 N–H and O–H groups in total. The number of anilines is 2. The van der Waals surface area contributed by atoms with E-state index in [0.29, 0.717) is 47.8 Å². The quantitative estimate of drug-likeness (QED) is 0.454. The van der Waals surface area contributed by atoms with Gasteiger partial charge in [0.05, 0.1) is 29.7 Å². The smallest absolute Gasteiger partial charge is 0.255 e. The van der Waals surface area contributed by atoms with Gasteiger partial charge >= 0.3 is 0 Å². The molecule has 182 valence electrons. The molecule has 0 unspecified atom stereocenters. The highest BCUT2D eigenvalue weighted by Crippen LogP contribution is 2.54. The average molecular weight is 477 g/mol. The summed E-state index contributed by atoms with van der Waals surface area (Å²) < 4.78 is 26.5. The van der Waals surface area contributed by atoms with Crippen LogP contribution in [0.2, 0.25) is 0 Å². The molecule has 1 atom stereocenters. The number of nitrogens with zero attached hydrogens (tertiary/aromatic N) is 1. The SMILES string of the molecule is CCc1c(F)cccc1Nc1c(-c2ccncc2OC[C@@]2(C)CCO2)[nH]c2c1C(=O)NCC21CC1. The van der Waals surface area contributed by atoms with Crippen molar-refractivity contribution in [3.63, 3.8) is 0 Å². The molecule has 3 aromatic rings. The number of carbonyl (C=O) groups excluding carboxylic acids is 1. The van der Waals surface area contributed by atoms with Crippen molar-refractivity contribution in [3.05, 3.63) is 59.3 Å². The van der Waals surface area contributed by atoms with E-state index in [1.54, 1.807) is 18.5 Å². The fourth-order valence-electron chi connectivity index (χ4n) is 5.12. The van der Waals surface area contributed by atoms with Crippen LogP contribution in [-0.2, 0) is 16.6 Å². The van der Waals surface area contributed by atoms with Crippen LogP contribution in [0.1, 0.15) is 54.7 Å². The highest BCUT2D eigenvalue weighted by Gasteiger charge is 2.51. The van der Waals surface area contributed by atoms with Crippen LogP contribution in [-0.4, -0.2) is 41.2 Å². The molecular formula is C27H29FN4O3. The molecule has 1 aliphatic carbocycles. The number of pyridine rings is 1. The third kappa shape index (κ3) is 3.67. The molecule has 1 aromatic carbocycles. The number of ether oxygens (including phenoxy) is 2. The normalized spacial score (nSPS) is 21.7. The first-order valence-corrected chi connectivity index (χ1v) is 12.2. The van der Waals surface area contributed by atoms with Crippen LogP contribution >= 0.6 is 0 Å². The average Bonchev–Trinajstić information content (AvgIpc) is 3.52. The maximum atomic E-state index is 14.6. The van der Waals surface area contributed by atoms with E-state index in [0.717, 1.165) is 42.8 Å². The number of rotatable bonds is 7.